The van der Waals surface area contributed by atoms with Gasteiger partial charge >= 0.3 is 0 Å². The van der Waals surface area contributed by atoms with Crippen molar-refractivity contribution >= 4 is 16.6 Å². The average Bonchev–Trinajstić information content (AvgIpc) is 2.46. The number of nitrogens with zero attached hydrogens (tertiary/aromatic N) is 1. The van der Waals surface area contributed by atoms with Gasteiger partial charge < -0.3 is 19.9 Å². The molecular formula is C14H16N2O3. The molecule has 0 amide bonds. The maximum absolute atomic E-state index is 6.28. The third kappa shape index (κ3) is 1.77. The van der Waals surface area contributed by atoms with Gasteiger partial charge in [-0.15, -0.1) is 0 Å². The summed E-state index contributed by atoms with van der Waals surface area (Å²) in [5, 5.41) is 0.797. The molecule has 3 rings (SSSR count). The predicted octanol–water partition coefficient (Wildman–Crippen LogP) is 1.91. The second-order valence-corrected chi connectivity index (χ2v) is 4.45. The average molecular weight is 260 g/mol. The Morgan fingerprint density at radius 3 is 2.68 bits per heavy atom. The van der Waals surface area contributed by atoms with Gasteiger partial charge in [-0.3, -0.25) is 0 Å². The Morgan fingerprint density at radius 1 is 1.21 bits per heavy atom. The Balaban J connectivity index is 2.39. The normalized spacial score (nSPS) is 14.2. The molecule has 0 saturated carbocycles. The zero-order chi connectivity index (χ0) is 13.4. The quantitative estimate of drug-likeness (QED) is 0.893. The maximum Gasteiger partial charge on any atom is 0.145 e. The molecule has 0 bridgehead atoms. The molecule has 1 aromatic carbocycles. The Kier molecular flexibility index (Phi) is 2.91. The van der Waals surface area contributed by atoms with E-state index in [1.165, 1.54) is 0 Å². The summed E-state index contributed by atoms with van der Waals surface area (Å²) < 4.78 is 16.2. The second kappa shape index (κ2) is 4.59. The van der Waals surface area contributed by atoms with Crippen LogP contribution >= 0.6 is 0 Å². The maximum atomic E-state index is 6.28. The molecule has 1 aromatic heterocycles. The Hall–Kier alpha value is -2.01. The summed E-state index contributed by atoms with van der Waals surface area (Å²) >= 11 is 0. The standard InChI is InChI=1S/C14H16N2O3/c1-17-10-3-4-11(18-2)14-12(10)13(15)8-7-19-6-5-9(8)16-14/h3-4H,5-7H2,1-2H3,(H2,15,16). The largest absolute Gasteiger partial charge is 0.496 e. The smallest absolute Gasteiger partial charge is 0.145 e. The van der Waals surface area contributed by atoms with E-state index in [0.29, 0.717) is 30.4 Å². The molecule has 1 aliphatic rings. The summed E-state index contributed by atoms with van der Waals surface area (Å²) in [4.78, 5) is 4.69. The van der Waals surface area contributed by atoms with Crippen LogP contribution in [0.4, 0.5) is 5.69 Å². The van der Waals surface area contributed by atoms with Crippen molar-refractivity contribution in [3.8, 4) is 11.5 Å². The van der Waals surface area contributed by atoms with Crippen LogP contribution in [-0.4, -0.2) is 25.8 Å². The van der Waals surface area contributed by atoms with E-state index in [2.05, 4.69) is 0 Å². The highest BCUT2D eigenvalue weighted by Gasteiger charge is 2.21. The lowest BCUT2D eigenvalue weighted by atomic mass is 10.0. The third-order valence-electron chi connectivity index (χ3n) is 3.46. The first-order valence-corrected chi connectivity index (χ1v) is 6.16. The zero-order valence-corrected chi connectivity index (χ0v) is 11.0. The van der Waals surface area contributed by atoms with Crippen molar-refractivity contribution in [2.24, 2.45) is 0 Å². The van der Waals surface area contributed by atoms with Crippen LogP contribution in [0.1, 0.15) is 11.3 Å². The van der Waals surface area contributed by atoms with Crippen LogP contribution in [0.2, 0.25) is 0 Å². The summed E-state index contributed by atoms with van der Waals surface area (Å²) in [6.07, 6.45) is 0.774. The first-order chi connectivity index (χ1) is 9.26. The summed E-state index contributed by atoms with van der Waals surface area (Å²) in [6, 6.07) is 3.69. The molecule has 0 radical (unpaired) electrons. The molecule has 0 aliphatic carbocycles. The van der Waals surface area contributed by atoms with E-state index < -0.39 is 0 Å². The fourth-order valence-corrected chi connectivity index (χ4v) is 2.48. The van der Waals surface area contributed by atoms with Crippen molar-refractivity contribution in [2.75, 3.05) is 26.6 Å². The molecule has 1 aliphatic heterocycles. The van der Waals surface area contributed by atoms with Crippen molar-refractivity contribution < 1.29 is 14.2 Å². The Labute approximate surface area is 111 Å². The molecule has 2 aromatic rings. The minimum absolute atomic E-state index is 0.504. The summed E-state index contributed by atoms with van der Waals surface area (Å²) in [5.74, 6) is 1.41. The van der Waals surface area contributed by atoms with E-state index in [0.717, 1.165) is 28.6 Å². The number of pyridine rings is 1. The molecule has 2 heterocycles. The lowest BCUT2D eigenvalue weighted by Crippen LogP contribution is -2.15. The first-order valence-electron chi connectivity index (χ1n) is 6.16. The molecule has 19 heavy (non-hydrogen) atoms. The van der Waals surface area contributed by atoms with E-state index >= 15 is 0 Å². The van der Waals surface area contributed by atoms with Gasteiger partial charge in [0.2, 0.25) is 0 Å². The monoisotopic (exact) mass is 260 g/mol. The minimum Gasteiger partial charge on any atom is -0.496 e. The van der Waals surface area contributed by atoms with Crippen molar-refractivity contribution in [2.45, 2.75) is 13.0 Å². The van der Waals surface area contributed by atoms with Crippen LogP contribution in [0.15, 0.2) is 12.1 Å². The van der Waals surface area contributed by atoms with Gasteiger partial charge in [0.25, 0.3) is 0 Å². The van der Waals surface area contributed by atoms with Crippen molar-refractivity contribution in [1.29, 1.82) is 0 Å². The van der Waals surface area contributed by atoms with Crippen LogP contribution in [0.25, 0.3) is 10.9 Å². The molecule has 100 valence electrons. The van der Waals surface area contributed by atoms with Gasteiger partial charge in [0.05, 0.1) is 44.2 Å². The van der Waals surface area contributed by atoms with Crippen molar-refractivity contribution in [3.63, 3.8) is 0 Å². The number of ether oxygens (including phenoxy) is 3. The molecule has 2 N–H and O–H groups in total. The second-order valence-electron chi connectivity index (χ2n) is 4.45. The van der Waals surface area contributed by atoms with E-state index in [-0.39, 0.29) is 0 Å². The molecule has 5 heteroatoms. The van der Waals surface area contributed by atoms with Crippen LogP contribution in [0.5, 0.6) is 11.5 Å². The van der Waals surface area contributed by atoms with Crippen LogP contribution in [-0.2, 0) is 17.8 Å². The number of hydrogen-bond donors (Lipinski definition) is 1. The fraction of sp³-hybridized carbons (Fsp3) is 0.357. The third-order valence-corrected chi connectivity index (χ3v) is 3.46. The molecule has 0 saturated heterocycles. The number of nitrogen functional groups attached to an aromatic ring is 1. The van der Waals surface area contributed by atoms with Crippen molar-refractivity contribution in [1.82, 2.24) is 4.98 Å². The molecule has 5 nitrogen and oxygen atoms in total. The number of nitrogens with two attached hydrogens (primary N) is 1. The first kappa shape index (κ1) is 12.0. The number of fused-ring (bicyclic) bond motifs is 2. The molecule has 0 unspecified atom stereocenters. The van der Waals surface area contributed by atoms with Crippen molar-refractivity contribution in [3.05, 3.63) is 23.4 Å². The van der Waals surface area contributed by atoms with Gasteiger partial charge in [-0.25, -0.2) is 4.98 Å². The predicted molar refractivity (Wildman–Crippen MR) is 72.6 cm³/mol. The number of rotatable bonds is 2. The molecule has 0 spiro atoms. The summed E-state index contributed by atoms with van der Waals surface area (Å²) in [5.41, 5.74) is 9.66. The van der Waals surface area contributed by atoms with Gasteiger partial charge in [0.15, 0.2) is 0 Å². The van der Waals surface area contributed by atoms with Gasteiger partial charge in [-0.2, -0.15) is 0 Å². The van der Waals surface area contributed by atoms with Crippen LogP contribution in [0, 0.1) is 0 Å². The molecular weight excluding hydrogens is 244 g/mol. The van der Waals surface area contributed by atoms with Gasteiger partial charge in [-0.05, 0) is 12.1 Å². The topological polar surface area (TPSA) is 66.6 Å². The molecule has 0 atom stereocenters. The molecule has 0 fully saturated rings. The minimum atomic E-state index is 0.504. The van der Waals surface area contributed by atoms with Gasteiger partial charge in [0, 0.05) is 12.0 Å². The van der Waals surface area contributed by atoms with Gasteiger partial charge in [-0.1, -0.05) is 0 Å². The lowest BCUT2D eigenvalue weighted by Gasteiger charge is -2.20. The van der Waals surface area contributed by atoms with E-state index in [4.69, 9.17) is 24.9 Å². The van der Waals surface area contributed by atoms with E-state index in [1.54, 1.807) is 14.2 Å². The summed E-state index contributed by atoms with van der Waals surface area (Å²) in [6.45, 7) is 1.18. The van der Waals surface area contributed by atoms with E-state index in [9.17, 15) is 0 Å². The van der Waals surface area contributed by atoms with Crippen LogP contribution < -0.4 is 15.2 Å². The number of aromatic nitrogens is 1. The Bertz CT molecular complexity index is 640. The van der Waals surface area contributed by atoms with Crippen LogP contribution in [0.3, 0.4) is 0 Å². The number of anilines is 1. The number of methoxy groups -OCH3 is 2. The summed E-state index contributed by atoms with van der Waals surface area (Å²) in [7, 11) is 3.25. The highest BCUT2D eigenvalue weighted by molar-refractivity contribution is 6.00. The number of benzene rings is 1. The fourth-order valence-electron chi connectivity index (χ4n) is 2.48. The highest BCUT2D eigenvalue weighted by Crippen LogP contribution is 2.39. The number of hydrogen-bond acceptors (Lipinski definition) is 5. The Morgan fingerprint density at radius 2 is 1.95 bits per heavy atom. The van der Waals surface area contributed by atoms with Gasteiger partial charge in [0.1, 0.15) is 17.0 Å². The zero-order valence-electron chi connectivity index (χ0n) is 11.0. The lowest BCUT2D eigenvalue weighted by molar-refractivity contribution is 0.110. The SMILES string of the molecule is COc1ccc(OC)c2c(N)c3c(nc12)CCOC3. The van der Waals surface area contributed by atoms with E-state index in [1.807, 2.05) is 12.1 Å². The highest BCUT2D eigenvalue weighted by atomic mass is 16.5.